The van der Waals surface area contributed by atoms with Crippen molar-refractivity contribution in [2.24, 2.45) is 0 Å². The number of hydrogen-bond donors (Lipinski definition) is 0. The molecule has 0 atom stereocenters. The Balaban J connectivity index is 1.55. The maximum atomic E-state index is 14.1. The fraction of sp³-hybridized carbons (Fsp3) is 0.440. The van der Waals surface area contributed by atoms with Crippen LogP contribution >= 0.6 is 0 Å². The van der Waals surface area contributed by atoms with Crippen molar-refractivity contribution in [2.45, 2.75) is 44.9 Å². The van der Waals surface area contributed by atoms with Crippen LogP contribution in [0.1, 0.15) is 42.4 Å². The highest BCUT2D eigenvalue weighted by Gasteiger charge is 2.43. The van der Waals surface area contributed by atoms with Crippen molar-refractivity contribution in [3.05, 3.63) is 53.9 Å². The van der Waals surface area contributed by atoms with Gasteiger partial charge in [0.1, 0.15) is 11.5 Å². The Morgan fingerprint density at radius 1 is 1.03 bits per heavy atom. The van der Waals surface area contributed by atoms with Crippen LogP contribution in [-0.2, 0) is 12.7 Å². The summed E-state index contributed by atoms with van der Waals surface area (Å²) < 4.78 is 43.7. The maximum Gasteiger partial charge on any atom is 0.435 e. The van der Waals surface area contributed by atoms with E-state index in [0.29, 0.717) is 37.8 Å². The third kappa shape index (κ3) is 3.90. The van der Waals surface area contributed by atoms with Crippen molar-refractivity contribution < 1.29 is 18.0 Å². The Labute approximate surface area is 190 Å². The smallest absolute Gasteiger partial charge is 0.335 e. The molecular formula is C25H27F3N4O. The molecule has 5 nitrogen and oxygen atoms in total. The predicted molar refractivity (Wildman–Crippen MR) is 121 cm³/mol. The Hall–Kier alpha value is -2.87. The molecule has 1 aromatic heterocycles. The summed E-state index contributed by atoms with van der Waals surface area (Å²) in [5, 5.41) is 1.72. The van der Waals surface area contributed by atoms with E-state index in [1.54, 1.807) is 24.0 Å². The van der Waals surface area contributed by atoms with Crippen LogP contribution in [0.5, 0.6) is 0 Å². The van der Waals surface area contributed by atoms with Gasteiger partial charge in [0.05, 0.1) is 0 Å². The van der Waals surface area contributed by atoms with E-state index >= 15 is 0 Å². The topological polar surface area (TPSA) is 41.4 Å². The predicted octanol–water partition coefficient (Wildman–Crippen LogP) is 5.05. The second-order valence-electron chi connectivity index (χ2n) is 8.81. The number of carbonyl (C=O) groups excluding carboxylic acids is 1. The zero-order valence-corrected chi connectivity index (χ0v) is 18.6. The number of rotatable bonds is 4. The molecule has 8 heteroatoms. The van der Waals surface area contributed by atoms with Gasteiger partial charge in [0, 0.05) is 44.3 Å². The number of piperazine rings is 1. The lowest BCUT2D eigenvalue weighted by atomic mass is 9.91. The largest absolute Gasteiger partial charge is 0.435 e. The van der Waals surface area contributed by atoms with Crippen LogP contribution in [0, 0.1) is 0 Å². The summed E-state index contributed by atoms with van der Waals surface area (Å²) in [6.45, 7) is 4.24. The molecule has 2 heterocycles. The summed E-state index contributed by atoms with van der Waals surface area (Å²) in [5.41, 5.74) is -0.863. The molecule has 1 amide bonds. The Morgan fingerprint density at radius 2 is 1.73 bits per heavy atom. The third-order valence-electron chi connectivity index (χ3n) is 6.98. The van der Waals surface area contributed by atoms with E-state index in [1.165, 1.54) is 23.8 Å². The van der Waals surface area contributed by atoms with E-state index in [-0.39, 0.29) is 18.1 Å². The van der Waals surface area contributed by atoms with Gasteiger partial charge in [0.15, 0.2) is 5.69 Å². The van der Waals surface area contributed by atoms with Gasteiger partial charge in [-0.1, -0.05) is 48.9 Å². The summed E-state index contributed by atoms with van der Waals surface area (Å²) >= 11 is 0. The number of imidazole rings is 1. The van der Waals surface area contributed by atoms with Crippen LogP contribution in [0.2, 0.25) is 0 Å². The summed E-state index contributed by atoms with van der Waals surface area (Å²) in [4.78, 5) is 21.4. The molecule has 0 unspecified atom stereocenters. The Morgan fingerprint density at radius 3 is 2.36 bits per heavy atom. The number of hydrogen-bond acceptors (Lipinski definition) is 3. The standard InChI is InChI=1S/C25H27F3N4O/c1-2-32-21(24(33)31-15-13-30(14-16-31)18-9-6-10-18)22(25(26,27)28)29-23(32)20-12-5-8-17-7-3-4-11-19(17)20/h3-5,7-8,11-12,18H,2,6,9-10,13-16H2,1H3. The van der Waals surface area contributed by atoms with Crippen molar-refractivity contribution in [2.75, 3.05) is 26.2 Å². The van der Waals surface area contributed by atoms with Crippen LogP contribution in [-0.4, -0.2) is 57.5 Å². The molecule has 174 valence electrons. The highest BCUT2D eigenvalue weighted by atomic mass is 19.4. The number of halogens is 3. The number of carbonyl (C=O) groups is 1. The van der Waals surface area contributed by atoms with E-state index in [4.69, 9.17) is 0 Å². The molecule has 3 aromatic rings. The number of amides is 1. The van der Waals surface area contributed by atoms with Gasteiger partial charge in [-0.25, -0.2) is 4.98 Å². The van der Waals surface area contributed by atoms with Gasteiger partial charge >= 0.3 is 6.18 Å². The van der Waals surface area contributed by atoms with E-state index in [9.17, 15) is 18.0 Å². The Bertz CT molecular complexity index is 1170. The van der Waals surface area contributed by atoms with Gasteiger partial charge in [-0.15, -0.1) is 0 Å². The van der Waals surface area contributed by atoms with Crippen LogP contribution in [0.3, 0.4) is 0 Å². The van der Waals surface area contributed by atoms with Crippen molar-refractivity contribution in [3.8, 4) is 11.4 Å². The minimum absolute atomic E-state index is 0.179. The van der Waals surface area contributed by atoms with Crippen molar-refractivity contribution in [1.82, 2.24) is 19.4 Å². The molecular weight excluding hydrogens is 429 g/mol. The van der Waals surface area contributed by atoms with Gasteiger partial charge in [-0.05, 0) is 30.5 Å². The average Bonchev–Trinajstić information content (AvgIpc) is 3.17. The zero-order valence-electron chi connectivity index (χ0n) is 18.6. The first-order valence-electron chi connectivity index (χ1n) is 11.6. The summed E-state index contributed by atoms with van der Waals surface area (Å²) in [6, 6.07) is 13.6. The van der Waals surface area contributed by atoms with Crippen LogP contribution < -0.4 is 0 Å². The molecule has 1 aliphatic carbocycles. The van der Waals surface area contributed by atoms with E-state index in [0.717, 1.165) is 10.8 Å². The van der Waals surface area contributed by atoms with Crippen molar-refractivity contribution in [1.29, 1.82) is 0 Å². The van der Waals surface area contributed by atoms with Gasteiger partial charge < -0.3 is 9.47 Å². The highest BCUT2D eigenvalue weighted by molar-refractivity contribution is 5.98. The zero-order chi connectivity index (χ0) is 23.2. The summed E-state index contributed by atoms with van der Waals surface area (Å²) in [6.07, 6.45) is -1.16. The SMILES string of the molecule is CCn1c(-c2cccc3ccccc23)nc(C(F)(F)F)c1C(=O)N1CCN(C2CCC2)CC1. The molecule has 2 aliphatic rings. The number of alkyl halides is 3. The van der Waals surface area contributed by atoms with E-state index in [2.05, 4.69) is 9.88 Å². The molecule has 0 N–H and O–H groups in total. The third-order valence-corrected chi connectivity index (χ3v) is 6.98. The van der Waals surface area contributed by atoms with E-state index in [1.807, 2.05) is 30.3 Å². The van der Waals surface area contributed by atoms with Crippen LogP contribution in [0.25, 0.3) is 22.2 Å². The fourth-order valence-corrected chi connectivity index (χ4v) is 4.99. The average molecular weight is 457 g/mol. The first-order valence-corrected chi connectivity index (χ1v) is 11.6. The second kappa shape index (κ2) is 8.48. The first kappa shape index (κ1) is 21.9. The highest BCUT2D eigenvalue weighted by Crippen LogP contribution is 2.37. The summed E-state index contributed by atoms with van der Waals surface area (Å²) in [5.74, 6) is -0.408. The number of benzene rings is 2. The molecule has 0 radical (unpaired) electrons. The van der Waals surface area contributed by atoms with Gasteiger partial charge in [-0.3, -0.25) is 9.69 Å². The van der Waals surface area contributed by atoms with Crippen LogP contribution in [0.4, 0.5) is 13.2 Å². The first-order chi connectivity index (χ1) is 15.9. The minimum atomic E-state index is -4.72. The quantitative estimate of drug-likeness (QED) is 0.552. The molecule has 1 saturated heterocycles. The molecule has 5 rings (SSSR count). The normalized spacial score (nSPS) is 18.0. The minimum Gasteiger partial charge on any atom is -0.335 e. The monoisotopic (exact) mass is 456 g/mol. The molecule has 0 bridgehead atoms. The lowest BCUT2D eigenvalue weighted by molar-refractivity contribution is -0.141. The van der Waals surface area contributed by atoms with Crippen LogP contribution in [0.15, 0.2) is 42.5 Å². The van der Waals surface area contributed by atoms with E-state index < -0.39 is 17.8 Å². The van der Waals surface area contributed by atoms with Crippen molar-refractivity contribution >= 4 is 16.7 Å². The number of fused-ring (bicyclic) bond motifs is 1. The fourth-order valence-electron chi connectivity index (χ4n) is 4.99. The molecule has 1 aliphatic heterocycles. The molecule has 0 spiro atoms. The van der Waals surface area contributed by atoms with Gasteiger partial charge in [0.2, 0.25) is 0 Å². The van der Waals surface area contributed by atoms with Crippen molar-refractivity contribution in [3.63, 3.8) is 0 Å². The second-order valence-corrected chi connectivity index (χ2v) is 8.81. The molecule has 33 heavy (non-hydrogen) atoms. The maximum absolute atomic E-state index is 14.1. The number of nitrogens with zero attached hydrogens (tertiary/aromatic N) is 4. The lowest BCUT2D eigenvalue weighted by Crippen LogP contribution is -2.53. The summed E-state index contributed by atoms with van der Waals surface area (Å²) in [7, 11) is 0. The van der Waals surface area contributed by atoms with Gasteiger partial charge in [0.25, 0.3) is 5.91 Å². The lowest BCUT2D eigenvalue weighted by Gasteiger charge is -2.43. The van der Waals surface area contributed by atoms with Gasteiger partial charge in [-0.2, -0.15) is 13.2 Å². The molecule has 2 fully saturated rings. The molecule has 1 saturated carbocycles. The molecule has 2 aromatic carbocycles. The number of aromatic nitrogens is 2. The Kier molecular flexibility index (Phi) is 5.64.